The molecule has 10 nitrogen and oxygen atoms in total. The number of imide groups is 1. The molecule has 5 rings (SSSR count). The highest BCUT2D eigenvalue weighted by atomic mass is 16.5. The lowest BCUT2D eigenvalue weighted by Gasteiger charge is -2.35. The van der Waals surface area contributed by atoms with Crippen LogP contribution in [0, 0.1) is 0 Å². The molecule has 1 aromatic carbocycles. The molecule has 2 fully saturated rings. The Hall–Kier alpha value is -3.69. The molecule has 0 saturated carbocycles. The van der Waals surface area contributed by atoms with Gasteiger partial charge in [0.1, 0.15) is 18.4 Å². The van der Waals surface area contributed by atoms with Gasteiger partial charge in [0.2, 0.25) is 17.7 Å². The molecule has 2 N–H and O–H groups in total. The summed E-state index contributed by atoms with van der Waals surface area (Å²) in [5.74, 6) is -0.186. The highest BCUT2D eigenvalue weighted by Gasteiger charge is 2.39. The molecule has 0 spiro atoms. The van der Waals surface area contributed by atoms with Crippen LogP contribution in [0.1, 0.15) is 60.1 Å². The first-order valence-corrected chi connectivity index (χ1v) is 12.2. The van der Waals surface area contributed by atoms with Gasteiger partial charge in [-0.05, 0) is 55.9 Å². The normalized spacial score (nSPS) is 22.2. The van der Waals surface area contributed by atoms with Gasteiger partial charge in [0.15, 0.2) is 0 Å². The molecule has 2 saturated heterocycles. The summed E-state index contributed by atoms with van der Waals surface area (Å²) in [7, 11) is 0. The minimum atomic E-state index is -0.639. The number of piperidine rings is 2. The van der Waals surface area contributed by atoms with Crippen LogP contribution >= 0.6 is 0 Å². The van der Waals surface area contributed by atoms with Crippen molar-refractivity contribution in [2.75, 3.05) is 13.2 Å². The van der Waals surface area contributed by atoms with E-state index in [9.17, 15) is 19.2 Å². The molecule has 10 heteroatoms. The predicted octanol–water partition coefficient (Wildman–Crippen LogP) is 1.56. The van der Waals surface area contributed by atoms with Gasteiger partial charge < -0.3 is 19.5 Å². The first-order chi connectivity index (χ1) is 17.0. The van der Waals surface area contributed by atoms with Crippen LogP contribution in [0.2, 0.25) is 0 Å². The standard InChI is InChI=1S/C25H29N5O5/c31-22-8-7-21(24(33)28-22)30-13-16-11-19(5-6-20(16)25(30)34)35-14-18-3-1-2-10-29(18)23(32)9-4-17-12-26-15-27-17/h5-6,11-12,15,18,21H,1-4,7-10,13-14H2,(H,26,27)(H,28,31,33)/t18-,21?/m0/s1. The van der Waals surface area contributed by atoms with Crippen molar-refractivity contribution in [2.45, 2.75) is 63.6 Å². The average molecular weight is 480 g/mol. The van der Waals surface area contributed by atoms with E-state index in [2.05, 4.69) is 15.3 Å². The van der Waals surface area contributed by atoms with Gasteiger partial charge in [0, 0.05) is 37.7 Å². The molecular formula is C25H29N5O5. The van der Waals surface area contributed by atoms with Crippen LogP contribution in [-0.2, 0) is 27.3 Å². The van der Waals surface area contributed by atoms with Crippen LogP contribution in [0.5, 0.6) is 5.75 Å². The molecular weight excluding hydrogens is 450 g/mol. The lowest BCUT2D eigenvalue weighted by atomic mass is 10.0. The minimum absolute atomic E-state index is 0.00490. The van der Waals surface area contributed by atoms with Gasteiger partial charge in [-0.15, -0.1) is 0 Å². The zero-order chi connectivity index (χ0) is 24.4. The highest BCUT2D eigenvalue weighted by molar-refractivity contribution is 6.05. The Morgan fingerprint density at radius 2 is 2.06 bits per heavy atom. The molecule has 4 amide bonds. The second kappa shape index (κ2) is 9.89. The average Bonchev–Trinajstić information content (AvgIpc) is 3.49. The van der Waals surface area contributed by atoms with Crippen molar-refractivity contribution >= 4 is 23.6 Å². The van der Waals surface area contributed by atoms with Crippen LogP contribution in [0.15, 0.2) is 30.7 Å². The molecule has 1 aromatic heterocycles. The third-order valence-corrected chi connectivity index (χ3v) is 7.03. The lowest BCUT2D eigenvalue weighted by Crippen LogP contribution is -2.52. The molecule has 1 unspecified atom stereocenters. The molecule has 0 radical (unpaired) electrons. The summed E-state index contributed by atoms with van der Waals surface area (Å²) in [6.07, 6.45) is 7.94. The summed E-state index contributed by atoms with van der Waals surface area (Å²) in [4.78, 5) is 60.0. The fourth-order valence-corrected chi connectivity index (χ4v) is 5.14. The molecule has 0 aliphatic carbocycles. The Bertz CT molecular complexity index is 1130. The van der Waals surface area contributed by atoms with E-state index >= 15 is 0 Å². The number of ether oxygens (including phenoxy) is 1. The molecule has 2 atom stereocenters. The second-order valence-electron chi connectivity index (χ2n) is 9.33. The van der Waals surface area contributed by atoms with E-state index in [1.807, 2.05) is 17.2 Å². The second-order valence-corrected chi connectivity index (χ2v) is 9.33. The number of aromatic nitrogens is 2. The van der Waals surface area contributed by atoms with E-state index < -0.39 is 11.9 Å². The van der Waals surface area contributed by atoms with Crippen molar-refractivity contribution in [3.63, 3.8) is 0 Å². The van der Waals surface area contributed by atoms with Crippen molar-refractivity contribution in [3.05, 3.63) is 47.5 Å². The van der Waals surface area contributed by atoms with Gasteiger partial charge >= 0.3 is 0 Å². The lowest BCUT2D eigenvalue weighted by molar-refractivity contribution is -0.137. The van der Waals surface area contributed by atoms with Crippen molar-refractivity contribution in [1.82, 2.24) is 25.1 Å². The SMILES string of the molecule is O=C1CCC(N2Cc3cc(OC[C@@H]4CCCCN4C(=O)CCc4c[nH]cn4)ccc3C2=O)C(=O)N1. The number of fused-ring (bicyclic) bond motifs is 1. The first kappa shape index (κ1) is 23.1. The van der Waals surface area contributed by atoms with Crippen molar-refractivity contribution in [1.29, 1.82) is 0 Å². The maximum absolute atomic E-state index is 12.9. The summed E-state index contributed by atoms with van der Waals surface area (Å²) in [5.41, 5.74) is 2.23. The summed E-state index contributed by atoms with van der Waals surface area (Å²) >= 11 is 0. The number of benzene rings is 1. The van der Waals surface area contributed by atoms with Gasteiger partial charge in [0.25, 0.3) is 5.91 Å². The molecule has 4 heterocycles. The monoisotopic (exact) mass is 479 g/mol. The first-order valence-electron chi connectivity index (χ1n) is 12.2. The minimum Gasteiger partial charge on any atom is -0.491 e. The number of aryl methyl sites for hydroxylation is 1. The Morgan fingerprint density at radius 3 is 2.86 bits per heavy atom. The number of nitrogens with one attached hydrogen (secondary N) is 2. The maximum atomic E-state index is 12.9. The number of amides is 4. The smallest absolute Gasteiger partial charge is 0.255 e. The molecule has 3 aliphatic rings. The van der Waals surface area contributed by atoms with Crippen LogP contribution < -0.4 is 10.1 Å². The third-order valence-electron chi connectivity index (χ3n) is 7.03. The molecule has 35 heavy (non-hydrogen) atoms. The Balaban J connectivity index is 1.20. The number of hydrogen-bond acceptors (Lipinski definition) is 6. The van der Waals surface area contributed by atoms with Gasteiger partial charge in [-0.25, -0.2) is 4.98 Å². The van der Waals surface area contributed by atoms with Gasteiger partial charge in [-0.2, -0.15) is 0 Å². The van der Waals surface area contributed by atoms with E-state index in [0.29, 0.717) is 43.7 Å². The number of carbonyl (C=O) groups is 4. The van der Waals surface area contributed by atoms with Crippen LogP contribution in [0.4, 0.5) is 0 Å². The fraction of sp³-hybridized carbons (Fsp3) is 0.480. The molecule has 0 bridgehead atoms. The Kier molecular flexibility index (Phi) is 6.52. The molecule has 3 aliphatic heterocycles. The predicted molar refractivity (Wildman–Crippen MR) is 124 cm³/mol. The number of aromatic amines is 1. The van der Waals surface area contributed by atoms with Gasteiger partial charge in [-0.1, -0.05) is 0 Å². The number of nitrogens with zero attached hydrogens (tertiary/aromatic N) is 3. The van der Waals surface area contributed by atoms with Crippen molar-refractivity contribution < 1.29 is 23.9 Å². The number of rotatable bonds is 7. The number of H-pyrrole nitrogens is 1. The Labute approximate surface area is 203 Å². The van der Waals surface area contributed by atoms with Crippen LogP contribution in [0.3, 0.4) is 0 Å². The van der Waals surface area contributed by atoms with E-state index in [-0.39, 0.29) is 30.2 Å². The fourth-order valence-electron chi connectivity index (χ4n) is 5.14. The van der Waals surface area contributed by atoms with E-state index in [4.69, 9.17) is 4.74 Å². The largest absolute Gasteiger partial charge is 0.491 e. The van der Waals surface area contributed by atoms with Crippen molar-refractivity contribution in [2.24, 2.45) is 0 Å². The molecule has 2 aromatic rings. The Morgan fingerprint density at radius 1 is 1.17 bits per heavy atom. The van der Waals surface area contributed by atoms with E-state index in [1.54, 1.807) is 18.5 Å². The van der Waals surface area contributed by atoms with Gasteiger partial charge in [-0.3, -0.25) is 24.5 Å². The highest BCUT2D eigenvalue weighted by Crippen LogP contribution is 2.30. The van der Waals surface area contributed by atoms with Gasteiger partial charge in [0.05, 0.1) is 18.1 Å². The van der Waals surface area contributed by atoms with E-state index in [1.165, 1.54) is 4.90 Å². The zero-order valence-electron chi connectivity index (χ0n) is 19.5. The third kappa shape index (κ3) is 4.91. The van der Waals surface area contributed by atoms with E-state index in [0.717, 1.165) is 37.1 Å². The summed E-state index contributed by atoms with van der Waals surface area (Å²) in [5, 5.41) is 2.32. The van der Waals surface area contributed by atoms with Crippen LogP contribution in [-0.4, -0.2) is 68.6 Å². The zero-order valence-corrected chi connectivity index (χ0v) is 19.5. The van der Waals surface area contributed by atoms with Crippen LogP contribution in [0.25, 0.3) is 0 Å². The number of hydrogen-bond donors (Lipinski definition) is 2. The summed E-state index contributed by atoms with van der Waals surface area (Å²) < 4.78 is 6.09. The van der Waals surface area contributed by atoms with Crippen molar-refractivity contribution in [3.8, 4) is 5.75 Å². The number of imidazole rings is 1. The quantitative estimate of drug-likeness (QED) is 0.581. The number of likely N-dealkylation sites (tertiary alicyclic amines) is 1. The topological polar surface area (TPSA) is 125 Å². The summed E-state index contributed by atoms with van der Waals surface area (Å²) in [6.45, 7) is 1.42. The molecule has 184 valence electrons. The number of carbonyl (C=O) groups excluding carboxylic acids is 4. The maximum Gasteiger partial charge on any atom is 0.255 e. The summed E-state index contributed by atoms with van der Waals surface area (Å²) in [6, 6.07) is 4.70.